The van der Waals surface area contributed by atoms with Crippen molar-refractivity contribution in [2.75, 3.05) is 5.32 Å². The lowest BCUT2D eigenvalue weighted by Crippen LogP contribution is -2.26. The number of hydrogen-bond acceptors (Lipinski definition) is 3. The van der Waals surface area contributed by atoms with E-state index in [1.165, 1.54) is 0 Å². The van der Waals surface area contributed by atoms with Crippen LogP contribution in [0.3, 0.4) is 0 Å². The van der Waals surface area contributed by atoms with Crippen molar-refractivity contribution < 1.29 is 4.79 Å². The van der Waals surface area contributed by atoms with Crippen LogP contribution in [0.15, 0.2) is 47.3 Å². The van der Waals surface area contributed by atoms with Gasteiger partial charge in [0.15, 0.2) is 0 Å². The highest BCUT2D eigenvalue weighted by molar-refractivity contribution is 5.95. The highest BCUT2D eigenvalue weighted by atomic mass is 16.2. The molecular formula is C21H21N3O2. The largest absolute Gasteiger partial charge is 0.296 e. The number of anilines is 1. The SMILES string of the molecule is CC(C(=O)Nc1nc2c(c(=O)[nH]1)CCCC2)c1ccc2ccccc2c1. The molecule has 0 fully saturated rings. The van der Waals surface area contributed by atoms with Gasteiger partial charge in [-0.25, -0.2) is 4.98 Å². The molecular weight excluding hydrogens is 326 g/mol. The average molecular weight is 347 g/mol. The molecule has 1 amide bonds. The zero-order valence-corrected chi connectivity index (χ0v) is 14.7. The predicted octanol–water partition coefficient (Wildman–Crippen LogP) is 3.54. The normalized spacial score (nSPS) is 14.7. The van der Waals surface area contributed by atoms with Crippen LogP contribution in [0.25, 0.3) is 10.8 Å². The van der Waals surface area contributed by atoms with Gasteiger partial charge in [0.1, 0.15) is 0 Å². The number of aryl methyl sites for hydroxylation is 1. The quantitative estimate of drug-likeness (QED) is 0.761. The van der Waals surface area contributed by atoms with Gasteiger partial charge in [0, 0.05) is 5.56 Å². The molecule has 1 aliphatic rings. The van der Waals surface area contributed by atoms with Crippen molar-refractivity contribution in [1.82, 2.24) is 9.97 Å². The van der Waals surface area contributed by atoms with E-state index in [-0.39, 0.29) is 23.3 Å². The first-order valence-corrected chi connectivity index (χ1v) is 9.03. The molecule has 2 N–H and O–H groups in total. The third-order valence-corrected chi connectivity index (χ3v) is 5.10. The standard InChI is InChI=1S/C21H21N3O2/c1-13(15-11-10-14-6-2-3-7-16(14)12-15)19(25)23-21-22-18-9-5-4-8-17(18)20(26)24-21/h2-3,6-7,10-13H,4-5,8-9H2,1H3,(H2,22,23,24,25,26). The lowest BCUT2D eigenvalue weighted by molar-refractivity contribution is -0.117. The lowest BCUT2D eigenvalue weighted by Gasteiger charge is -2.16. The maximum absolute atomic E-state index is 12.7. The molecule has 3 aromatic rings. The van der Waals surface area contributed by atoms with E-state index in [4.69, 9.17) is 0 Å². The topological polar surface area (TPSA) is 74.8 Å². The van der Waals surface area contributed by atoms with Crippen LogP contribution in [0.1, 0.15) is 42.5 Å². The van der Waals surface area contributed by atoms with Crippen molar-refractivity contribution in [3.05, 3.63) is 69.6 Å². The van der Waals surface area contributed by atoms with Crippen LogP contribution in [-0.2, 0) is 17.6 Å². The molecule has 2 aromatic carbocycles. The summed E-state index contributed by atoms with van der Waals surface area (Å²) >= 11 is 0. The van der Waals surface area contributed by atoms with Crippen molar-refractivity contribution >= 4 is 22.6 Å². The highest BCUT2D eigenvalue weighted by Crippen LogP contribution is 2.23. The van der Waals surface area contributed by atoms with Gasteiger partial charge in [-0.2, -0.15) is 0 Å². The fourth-order valence-electron chi connectivity index (χ4n) is 3.52. The first kappa shape index (κ1) is 16.5. The Kier molecular flexibility index (Phi) is 4.29. The van der Waals surface area contributed by atoms with Crippen molar-refractivity contribution in [3.63, 3.8) is 0 Å². The zero-order chi connectivity index (χ0) is 18.1. The van der Waals surface area contributed by atoms with Gasteiger partial charge in [-0.1, -0.05) is 42.5 Å². The minimum atomic E-state index is -0.346. The van der Waals surface area contributed by atoms with Crippen LogP contribution in [-0.4, -0.2) is 15.9 Å². The number of aromatic nitrogens is 2. The van der Waals surface area contributed by atoms with E-state index < -0.39 is 0 Å². The maximum Gasteiger partial charge on any atom is 0.255 e. The Bertz CT molecular complexity index is 1040. The second kappa shape index (κ2) is 6.75. The van der Waals surface area contributed by atoms with Crippen molar-refractivity contribution in [2.45, 2.75) is 38.5 Å². The van der Waals surface area contributed by atoms with Gasteiger partial charge < -0.3 is 0 Å². The first-order chi connectivity index (χ1) is 12.6. The maximum atomic E-state index is 12.7. The number of fused-ring (bicyclic) bond motifs is 2. The molecule has 1 atom stereocenters. The summed E-state index contributed by atoms with van der Waals surface area (Å²) in [6, 6.07) is 14.1. The molecule has 132 valence electrons. The van der Waals surface area contributed by atoms with Gasteiger partial charge in [0.2, 0.25) is 11.9 Å². The molecule has 26 heavy (non-hydrogen) atoms. The van der Waals surface area contributed by atoms with E-state index in [1.807, 2.05) is 49.4 Å². The van der Waals surface area contributed by atoms with E-state index in [2.05, 4.69) is 15.3 Å². The Labute approximate surface area is 151 Å². The molecule has 1 heterocycles. The number of aromatic amines is 1. The Morgan fingerprint density at radius 2 is 1.88 bits per heavy atom. The summed E-state index contributed by atoms with van der Waals surface area (Å²) in [6.45, 7) is 1.86. The predicted molar refractivity (Wildman–Crippen MR) is 102 cm³/mol. The average Bonchev–Trinajstić information content (AvgIpc) is 2.67. The third-order valence-electron chi connectivity index (χ3n) is 5.10. The second-order valence-corrected chi connectivity index (χ2v) is 6.86. The number of nitrogens with one attached hydrogen (secondary N) is 2. The molecule has 0 saturated heterocycles. The van der Waals surface area contributed by atoms with E-state index in [9.17, 15) is 9.59 Å². The number of hydrogen-bond donors (Lipinski definition) is 2. The Morgan fingerprint density at radius 3 is 2.73 bits per heavy atom. The number of benzene rings is 2. The van der Waals surface area contributed by atoms with Crippen molar-refractivity contribution in [1.29, 1.82) is 0 Å². The Hall–Kier alpha value is -2.95. The molecule has 0 spiro atoms. The smallest absolute Gasteiger partial charge is 0.255 e. The summed E-state index contributed by atoms with van der Waals surface area (Å²) in [7, 11) is 0. The number of amides is 1. The van der Waals surface area contributed by atoms with Gasteiger partial charge in [0.25, 0.3) is 5.56 Å². The molecule has 1 unspecified atom stereocenters. The molecule has 0 saturated carbocycles. The molecule has 0 radical (unpaired) electrons. The summed E-state index contributed by atoms with van der Waals surface area (Å²) in [6.07, 6.45) is 3.61. The first-order valence-electron chi connectivity index (χ1n) is 9.03. The van der Waals surface area contributed by atoms with E-state index in [0.29, 0.717) is 0 Å². The summed E-state index contributed by atoms with van der Waals surface area (Å²) < 4.78 is 0. The fourth-order valence-corrected chi connectivity index (χ4v) is 3.52. The highest BCUT2D eigenvalue weighted by Gasteiger charge is 2.19. The van der Waals surface area contributed by atoms with Crippen LogP contribution in [0, 0.1) is 0 Å². The lowest BCUT2D eigenvalue weighted by atomic mass is 9.97. The van der Waals surface area contributed by atoms with Gasteiger partial charge in [-0.3, -0.25) is 19.9 Å². The molecule has 1 aliphatic carbocycles. The summed E-state index contributed by atoms with van der Waals surface area (Å²) in [5.74, 6) is -0.284. The second-order valence-electron chi connectivity index (χ2n) is 6.86. The minimum absolute atomic E-state index is 0.136. The van der Waals surface area contributed by atoms with Crippen LogP contribution < -0.4 is 10.9 Å². The van der Waals surface area contributed by atoms with Gasteiger partial charge in [0.05, 0.1) is 11.6 Å². The number of rotatable bonds is 3. The molecule has 1 aromatic heterocycles. The molecule has 4 rings (SSSR count). The number of carbonyl (C=O) groups is 1. The van der Waals surface area contributed by atoms with Crippen molar-refractivity contribution in [3.8, 4) is 0 Å². The van der Waals surface area contributed by atoms with E-state index >= 15 is 0 Å². The summed E-state index contributed by atoms with van der Waals surface area (Å²) in [5, 5.41) is 5.02. The molecule has 0 aliphatic heterocycles. The molecule has 0 bridgehead atoms. The van der Waals surface area contributed by atoms with E-state index in [0.717, 1.165) is 53.3 Å². The van der Waals surface area contributed by atoms with Crippen LogP contribution in [0.5, 0.6) is 0 Å². The summed E-state index contributed by atoms with van der Waals surface area (Å²) in [5.41, 5.74) is 2.37. The van der Waals surface area contributed by atoms with Gasteiger partial charge >= 0.3 is 0 Å². The number of nitrogens with zero attached hydrogens (tertiary/aromatic N) is 1. The Morgan fingerprint density at radius 1 is 1.12 bits per heavy atom. The van der Waals surface area contributed by atoms with Gasteiger partial charge in [-0.05, 0) is 48.9 Å². The number of carbonyl (C=O) groups excluding carboxylic acids is 1. The minimum Gasteiger partial charge on any atom is -0.296 e. The zero-order valence-electron chi connectivity index (χ0n) is 14.7. The van der Waals surface area contributed by atoms with Crippen LogP contribution in [0.4, 0.5) is 5.95 Å². The van der Waals surface area contributed by atoms with Crippen molar-refractivity contribution in [2.24, 2.45) is 0 Å². The third kappa shape index (κ3) is 3.12. The fraction of sp³-hybridized carbons (Fsp3) is 0.286. The van der Waals surface area contributed by atoms with Gasteiger partial charge in [-0.15, -0.1) is 0 Å². The molecule has 5 heteroatoms. The number of H-pyrrole nitrogens is 1. The van der Waals surface area contributed by atoms with Crippen LogP contribution >= 0.6 is 0 Å². The molecule has 5 nitrogen and oxygen atoms in total. The van der Waals surface area contributed by atoms with E-state index in [1.54, 1.807) is 0 Å². The monoisotopic (exact) mass is 347 g/mol. The Balaban J connectivity index is 1.57. The summed E-state index contributed by atoms with van der Waals surface area (Å²) in [4.78, 5) is 32.0. The van der Waals surface area contributed by atoms with Crippen LogP contribution in [0.2, 0.25) is 0 Å².